The third-order valence-electron chi connectivity index (χ3n) is 6.08. The minimum Gasteiger partial charge on any atom is -0.457 e. The third-order valence-corrected chi connectivity index (χ3v) is 6.08. The van der Waals surface area contributed by atoms with Crippen LogP contribution in [0.1, 0.15) is 6.42 Å². The van der Waals surface area contributed by atoms with E-state index in [9.17, 15) is 14.0 Å². The Hall–Kier alpha value is -4.40. The zero-order valence-electron chi connectivity index (χ0n) is 19.6. The Labute approximate surface area is 208 Å². The van der Waals surface area contributed by atoms with Gasteiger partial charge in [-0.3, -0.25) is 14.9 Å². The topological polar surface area (TPSA) is 86.3 Å². The lowest BCUT2D eigenvalue weighted by molar-refractivity contribution is -0.125. The molecule has 0 unspecified atom stereocenters. The molecule has 1 atom stereocenters. The van der Waals surface area contributed by atoms with Gasteiger partial charge in [-0.15, -0.1) is 0 Å². The van der Waals surface area contributed by atoms with Crippen molar-refractivity contribution >= 4 is 29.1 Å². The first-order valence-electron chi connectivity index (χ1n) is 11.8. The minimum atomic E-state index is -0.835. The smallest absolute Gasteiger partial charge is 0.249 e. The summed E-state index contributed by atoms with van der Waals surface area (Å²) in [4.78, 5) is 33.7. The van der Waals surface area contributed by atoms with Gasteiger partial charge < -0.3 is 19.9 Å². The maximum Gasteiger partial charge on any atom is 0.249 e. The first-order valence-corrected chi connectivity index (χ1v) is 11.8. The molecular weight excluding hydrogens is 461 g/mol. The second-order valence-electron chi connectivity index (χ2n) is 8.58. The van der Waals surface area contributed by atoms with Crippen LogP contribution in [0.5, 0.6) is 11.5 Å². The SMILES string of the molecule is O=C1C[C@@H](C(=O)Nc2ccc(Oc3ccccc3)cc2)N=C(N2CCN(c3ccccc3F)CC2)N1. The van der Waals surface area contributed by atoms with Crippen LogP contribution in [0.2, 0.25) is 0 Å². The molecule has 2 amide bonds. The highest BCUT2D eigenvalue weighted by Gasteiger charge is 2.31. The average molecular weight is 488 g/mol. The van der Waals surface area contributed by atoms with Crippen molar-refractivity contribution in [2.45, 2.75) is 12.5 Å². The molecular formula is C27H26FN5O3. The first-order chi connectivity index (χ1) is 17.5. The maximum absolute atomic E-state index is 14.1. The number of carbonyl (C=O) groups excluding carboxylic acids is 2. The van der Waals surface area contributed by atoms with E-state index in [0.717, 1.165) is 5.75 Å². The lowest BCUT2D eigenvalue weighted by Gasteiger charge is -2.38. The second kappa shape index (κ2) is 10.5. The number of ether oxygens (including phenoxy) is 1. The Morgan fingerprint density at radius 3 is 2.25 bits per heavy atom. The van der Waals surface area contributed by atoms with Gasteiger partial charge in [0.15, 0.2) is 0 Å². The van der Waals surface area contributed by atoms with Crippen LogP contribution in [-0.2, 0) is 9.59 Å². The molecule has 1 saturated heterocycles. The predicted octanol–water partition coefficient (Wildman–Crippen LogP) is 3.62. The fraction of sp³-hybridized carbons (Fsp3) is 0.222. The maximum atomic E-state index is 14.1. The van der Waals surface area contributed by atoms with Crippen LogP contribution in [0.3, 0.4) is 0 Å². The summed E-state index contributed by atoms with van der Waals surface area (Å²) < 4.78 is 19.9. The molecule has 0 saturated carbocycles. The minimum absolute atomic E-state index is 0.0280. The van der Waals surface area contributed by atoms with Gasteiger partial charge in [-0.25, -0.2) is 9.38 Å². The van der Waals surface area contributed by atoms with Crippen molar-refractivity contribution in [3.8, 4) is 11.5 Å². The average Bonchev–Trinajstić information content (AvgIpc) is 2.90. The van der Waals surface area contributed by atoms with Gasteiger partial charge in [0.2, 0.25) is 17.8 Å². The summed E-state index contributed by atoms with van der Waals surface area (Å²) >= 11 is 0. The normalized spacial score (nSPS) is 17.8. The lowest BCUT2D eigenvalue weighted by Crippen LogP contribution is -2.56. The van der Waals surface area contributed by atoms with Crippen LogP contribution >= 0.6 is 0 Å². The van der Waals surface area contributed by atoms with E-state index in [-0.39, 0.29) is 24.1 Å². The highest BCUT2D eigenvalue weighted by atomic mass is 19.1. The molecule has 0 radical (unpaired) electrons. The number of para-hydroxylation sites is 2. The van der Waals surface area contributed by atoms with Crippen molar-refractivity contribution < 1.29 is 18.7 Å². The highest BCUT2D eigenvalue weighted by Crippen LogP contribution is 2.23. The molecule has 0 aliphatic carbocycles. The second-order valence-corrected chi connectivity index (χ2v) is 8.58. The van der Waals surface area contributed by atoms with Crippen molar-refractivity contribution in [1.82, 2.24) is 10.2 Å². The lowest BCUT2D eigenvalue weighted by atomic mass is 10.1. The zero-order valence-corrected chi connectivity index (χ0v) is 19.6. The monoisotopic (exact) mass is 487 g/mol. The van der Waals surface area contributed by atoms with Crippen molar-refractivity contribution in [2.75, 3.05) is 36.4 Å². The van der Waals surface area contributed by atoms with E-state index in [1.165, 1.54) is 6.07 Å². The Morgan fingerprint density at radius 1 is 0.889 bits per heavy atom. The summed E-state index contributed by atoms with van der Waals surface area (Å²) in [6.45, 7) is 2.24. The first kappa shape index (κ1) is 23.3. The third kappa shape index (κ3) is 5.46. The number of anilines is 2. The van der Waals surface area contributed by atoms with Crippen molar-refractivity contribution in [2.24, 2.45) is 4.99 Å². The molecule has 2 N–H and O–H groups in total. The quantitative estimate of drug-likeness (QED) is 0.574. The molecule has 36 heavy (non-hydrogen) atoms. The molecule has 8 nitrogen and oxygen atoms in total. The van der Waals surface area contributed by atoms with Crippen LogP contribution < -0.4 is 20.3 Å². The van der Waals surface area contributed by atoms with Gasteiger partial charge in [-0.05, 0) is 48.5 Å². The number of rotatable bonds is 5. The molecule has 3 aromatic carbocycles. The van der Waals surface area contributed by atoms with Crippen molar-refractivity contribution in [1.29, 1.82) is 0 Å². The molecule has 3 aromatic rings. The number of aliphatic imine (C=N–C) groups is 1. The summed E-state index contributed by atoms with van der Waals surface area (Å²) in [5.74, 6) is 0.870. The number of halogens is 1. The largest absolute Gasteiger partial charge is 0.457 e. The fourth-order valence-corrected chi connectivity index (χ4v) is 4.21. The van der Waals surface area contributed by atoms with Gasteiger partial charge in [-0.1, -0.05) is 30.3 Å². The number of piperazine rings is 1. The fourth-order valence-electron chi connectivity index (χ4n) is 4.21. The number of carbonyl (C=O) groups is 2. The summed E-state index contributed by atoms with van der Waals surface area (Å²) in [6, 6.07) is 22.3. The molecule has 1 fully saturated rings. The van der Waals surface area contributed by atoms with Crippen LogP contribution in [-0.4, -0.2) is 54.9 Å². The number of nitrogens with zero attached hydrogens (tertiary/aromatic N) is 3. The van der Waals surface area contributed by atoms with Gasteiger partial charge in [0.25, 0.3) is 0 Å². The number of guanidine groups is 1. The summed E-state index contributed by atoms with van der Waals surface area (Å²) in [5.41, 5.74) is 1.14. The number of nitrogens with one attached hydrogen (secondary N) is 2. The summed E-state index contributed by atoms with van der Waals surface area (Å²) in [7, 11) is 0. The van der Waals surface area contributed by atoms with Crippen LogP contribution in [0.4, 0.5) is 15.8 Å². The molecule has 0 aromatic heterocycles. The Kier molecular flexibility index (Phi) is 6.79. The number of benzene rings is 3. The Morgan fingerprint density at radius 2 is 1.53 bits per heavy atom. The molecule has 2 heterocycles. The van der Waals surface area contributed by atoms with Gasteiger partial charge in [0.05, 0.1) is 12.1 Å². The molecule has 5 rings (SSSR count). The van der Waals surface area contributed by atoms with E-state index in [1.54, 1.807) is 36.4 Å². The van der Waals surface area contributed by atoms with E-state index >= 15 is 0 Å². The van der Waals surface area contributed by atoms with Gasteiger partial charge in [0, 0.05) is 31.9 Å². The number of hydrogen-bond donors (Lipinski definition) is 2. The van der Waals surface area contributed by atoms with Crippen LogP contribution in [0.25, 0.3) is 0 Å². The van der Waals surface area contributed by atoms with Gasteiger partial charge in [-0.2, -0.15) is 0 Å². The van der Waals surface area contributed by atoms with E-state index in [1.807, 2.05) is 46.2 Å². The molecule has 2 aliphatic rings. The zero-order chi connectivity index (χ0) is 24.9. The molecule has 9 heteroatoms. The van der Waals surface area contributed by atoms with Gasteiger partial charge in [0.1, 0.15) is 23.4 Å². The molecule has 184 valence electrons. The molecule has 2 aliphatic heterocycles. The Balaban J connectivity index is 1.20. The summed E-state index contributed by atoms with van der Waals surface area (Å²) in [5, 5.41) is 5.61. The number of hydrogen-bond acceptors (Lipinski definition) is 6. The molecule has 0 spiro atoms. The van der Waals surface area contributed by atoms with E-state index in [2.05, 4.69) is 15.6 Å². The summed E-state index contributed by atoms with van der Waals surface area (Å²) in [6.07, 6.45) is -0.0280. The standard InChI is InChI=1S/C27H26FN5O3/c28-22-8-4-5-9-24(22)32-14-16-33(17-15-32)27-30-23(18-25(34)31-27)26(35)29-19-10-12-21(13-11-19)36-20-6-2-1-3-7-20/h1-13,23H,14-18H2,(H,29,35)(H,30,31,34)/t23-/m0/s1. The number of amides is 2. The van der Waals surface area contributed by atoms with Gasteiger partial charge >= 0.3 is 0 Å². The van der Waals surface area contributed by atoms with Crippen molar-refractivity contribution in [3.05, 3.63) is 84.7 Å². The molecule has 0 bridgehead atoms. The van der Waals surface area contributed by atoms with E-state index < -0.39 is 6.04 Å². The van der Waals surface area contributed by atoms with Crippen LogP contribution in [0.15, 0.2) is 83.9 Å². The van der Waals surface area contributed by atoms with E-state index in [0.29, 0.717) is 49.3 Å². The van der Waals surface area contributed by atoms with Crippen LogP contribution in [0, 0.1) is 5.82 Å². The van der Waals surface area contributed by atoms with E-state index in [4.69, 9.17) is 4.74 Å². The van der Waals surface area contributed by atoms with Crippen molar-refractivity contribution in [3.63, 3.8) is 0 Å². The highest BCUT2D eigenvalue weighted by molar-refractivity contribution is 6.06. The predicted molar refractivity (Wildman–Crippen MR) is 136 cm³/mol. The Bertz CT molecular complexity index is 1260.